The molecule has 2 aromatic heterocycles. The smallest absolute Gasteiger partial charge is 0.257 e. The van der Waals surface area contributed by atoms with Gasteiger partial charge in [-0.3, -0.25) is 14.5 Å². The molecule has 2 aromatic carbocycles. The van der Waals surface area contributed by atoms with Gasteiger partial charge in [0, 0.05) is 72.6 Å². The molecule has 3 fully saturated rings. The van der Waals surface area contributed by atoms with Gasteiger partial charge in [-0.25, -0.2) is 18.7 Å². The number of hydrogen-bond donors (Lipinski definition) is 2. The SMILES string of the molecule is CNC(=O)c1cc(Nc2nc(-c3ccc4c(c3)N([C@H]3C[C@@H](N5CC6C(C5)C6(F)F)C3)C(=O)C4(C)C)cc3ncn(C(C)C)c23)ccc1C. The van der Waals surface area contributed by atoms with Gasteiger partial charge in [-0.05, 0) is 82.9 Å². The number of carbonyl (C=O) groups is 2. The van der Waals surface area contributed by atoms with Gasteiger partial charge in [-0.2, -0.15) is 0 Å². The second kappa shape index (κ2) is 10.6. The van der Waals surface area contributed by atoms with E-state index in [0.29, 0.717) is 30.2 Å². The second-order valence-electron chi connectivity index (χ2n) is 14.9. The average Bonchev–Trinajstić information content (AvgIpc) is 3.48. The van der Waals surface area contributed by atoms with Crippen molar-refractivity contribution in [3.63, 3.8) is 0 Å². The van der Waals surface area contributed by atoms with Gasteiger partial charge in [0.2, 0.25) is 5.91 Å². The Bertz CT molecular complexity index is 1980. The van der Waals surface area contributed by atoms with Crippen LogP contribution in [0.1, 0.15) is 68.1 Å². The van der Waals surface area contributed by atoms with Crippen LogP contribution in [0, 0.1) is 18.8 Å². The number of alkyl halides is 2. The van der Waals surface area contributed by atoms with Crippen LogP contribution in [-0.2, 0) is 10.2 Å². The van der Waals surface area contributed by atoms with Crippen LogP contribution in [0.15, 0.2) is 48.8 Å². The van der Waals surface area contributed by atoms with E-state index in [4.69, 9.17) is 9.97 Å². The molecule has 11 heteroatoms. The zero-order valence-corrected chi connectivity index (χ0v) is 28.1. The normalized spacial score (nSPS) is 25.3. The van der Waals surface area contributed by atoms with Gasteiger partial charge in [0.25, 0.3) is 11.8 Å². The summed E-state index contributed by atoms with van der Waals surface area (Å²) >= 11 is 0. The Morgan fingerprint density at radius 1 is 1.02 bits per heavy atom. The number of carbonyl (C=O) groups excluding carboxylic acids is 2. The molecule has 8 rings (SSSR count). The number of halogens is 2. The lowest BCUT2D eigenvalue weighted by Crippen LogP contribution is -2.56. The number of piperidine rings is 1. The molecule has 4 aliphatic rings. The van der Waals surface area contributed by atoms with Crippen LogP contribution in [0.25, 0.3) is 22.3 Å². The number of hydrogen-bond acceptors (Lipinski definition) is 6. The van der Waals surface area contributed by atoms with Gasteiger partial charge in [-0.1, -0.05) is 18.2 Å². The molecule has 48 heavy (non-hydrogen) atoms. The van der Waals surface area contributed by atoms with Crippen LogP contribution >= 0.6 is 0 Å². The molecule has 2 aliphatic heterocycles. The Morgan fingerprint density at radius 3 is 2.44 bits per heavy atom. The Labute approximate surface area is 278 Å². The molecule has 4 aromatic rings. The zero-order chi connectivity index (χ0) is 33.9. The maximum absolute atomic E-state index is 13.9. The number of imidazole rings is 1. The second-order valence-corrected chi connectivity index (χ2v) is 14.9. The highest BCUT2D eigenvalue weighted by Gasteiger charge is 2.72. The highest BCUT2D eigenvalue weighted by atomic mass is 19.3. The minimum atomic E-state index is -2.49. The summed E-state index contributed by atoms with van der Waals surface area (Å²) in [6.45, 7) is 11.0. The number of pyridine rings is 1. The summed E-state index contributed by atoms with van der Waals surface area (Å²) in [5.41, 5.74) is 6.57. The third kappa shape index (κ3) is 4.57. The summed E-state index contributed by atoms with van der Waals surface area (Å²) in [5, 5.41) is 6.19. The summed E-state index contributed by atoms with van der Waals surface area (Å²) in [6.07, 6.45) is 3.40. The molecule has 2 atom stereocenters. The fourth-order valence-electron chi connectivity index (χ4n) is 8.11. The third-order valence-corrected chi connectivity index (χ3v) is 11.3. The Kier molecular flexibility index (Phi) is 6.80. The van der Waals surface area contributed by atoms with Crippen molar-refractivity contribution in [2.45, 2.75) is 76.9 Å². The Hall–Kier alpha value is -4.38. The highest BCUT2D eigenvalue weighted by molar-refractivity contribution is 6.09. The Morgan fingerprint density at radius 2 is 1.75 bits per heavy atom. The fraction of sp³-hybridized carbons (Fsp3) is 0.459. The van der Waals surface area contributed by atoms with Crippen molar-refractivity contribution in [3.05, 3.63) is 65.5 Å². The number of fused-ring (bicyclic) bond motifs is 3. The van der Waals surface area contributed by atoms with Gasteiger partial charge >= 0.3 is 0 Å². The molecule has 0 bridgehead atoms. The van der Waals surface area contributed by atoms with E-state index in [2.05, 4.69) is 40.0 Å². The summed E-state index contributed by atoms with van der Waals surface area (Å²) in [4.78, 5) is 40.5. The maximum Gasteiger partial charge on any atom is 0.257 e. The van der Waals surface area contributed by atoms with Crippen LogP contribution in [0.3, 0.4) is 0 Å². The number of benzene rings is 2. The van der Waals surface area contributed by atoms with E-state index in [1.165, 1.54) is 0 Å². The number of rotatable bonds is 7. The lowest BCUT2D eigenvalue weighted by molar-refractivity contribution is -0.123. The number of nitrogens with one attached hydrogen (secondary N) is 2. The molecule has 2 aliphatic carbocycles. The first-order chi connectivity index (χ1) is 22.8. The van der Waals surface area contributed by atoms with Gasteiger partial charge in [-0.15, -0.1) is 0 Å². The average molecular weight is 654 g/mol. The molecule has 2 saturated carbocycles. The maximum atomic E-state index is 13.9. The van der Waals surface area contributed by atoms with E-state index in [1.54, 1.807) is 7.05 Å². The summed E-state index contributed by atoms with van der Waals surface area (Å²) in [5.74, 6) is -2.95. The molecule has 250 valence electrons. The third-order valence-electron chi connectivity index (χ3n) is 11.3. The van der Waals surface area contributed by atoms with Crippen LogP contribution in [0.5, 0.6) is 0 Å². The van der Waals surface area contributed by atoms with Crippen molar-refractivity contribution in [1.29, 1.82) is 0 Å². The van der Waals surface area contributed by atoms with Crippen LogP contribution in [0.2, 0.25) is 0 Å². The van der Waals surface area contributed by atoms with Crippen LogP contribution in [-0.4, -0.2) is 69.4 Å². The minimum Gasteiger partial charge on any atom is -0.355 e. The van der Waals surface area contributed by atoms with Crippen LogP contribution in [0.4, 0.5) is 26.0 Å². The van der Waals surface area contributed by atoms with E-state index < -0.39 is 23.2 Å². The predicted octanol–water partition coefficient (Wildman–Crippen LogP) is 6.44. The minimum absolute atomic E-state index is 0.0289. The molecular formula is C37H41F2N7O2. The standard InChI is InChI=1S/C37H41F2N7O2/c1-19(2)45-18-41-30-15-29(43-33(32(30)45)42-22-9-7-20(3)25(12-22)34(47)40-6)21-8-10-26-31(11-21)46(35(48)36(26,4)5)24-13-23(14-24)44-16-27-28(17-44)37(27,38)39/h7-12,15,18-19,23-24,27-28H,13-14,16-17H2,1-6H3,(H,40,47)(H,42,43)/t23-,24+,27?,28?. The first-order valence-electron chi connectivity index (χ1n) is 16.9. The first kappa shape index (κ1) is 30.9. The van der Waals surface area contributed by atoms with Crippen molar-refractivity contribution in [3.8, 4) is 11.3 Å². The molecule has 2 N–H and O–H groups in total. The molecule has 2 amide bonds. The molecule has 0 spiro atoms. The lowest BCUT2D eigenvalue weighted by Gasteiger charge is -2.46. The quantitative estimate of drug-likeness (QED) is 0.238. The van der Waals surface area contributed by atoms with E-state index in [-0.39, 0.29) is 29.9 Å². The molecule has 9 nitrogen and oxygen atoms in total. The Balaban J connectivity index is 1.13. The van der Waals surface area contributed by atoms with E-state index >= 15 is 0 Å². The molecule has 1 saturated heterocycles. The fourth-order valence-corrected chi connectivity index (χ4v) is 8.11. The van der Waals surface area contributed by atoms with Gasteiger partial charge < -0.3 is 20.1 Å². The van der Waals surface area contributed by atoms with Crippen molar-refractivity contribution in [1.82, 2.24) is 24.8 Å². The molecular weight excluding hydrogens is 612 g/mol. The van der Waals surface area contributed by atoms with Gasteiger partial charge in [0.05, 0.1) is 23.0 Å². The van der Waals surface area contributed by atoms with E-state index in [1.807, 2.05) is 68.4 Å². The first-order valence-corrected chi connectivity index (χ1v) is 16.9. The largest absolute Gasteiger partial charge is 0.355 e. The van der Waals surface area contributed by atoms with Crippen molar-refractivity contribution in [2.24, 2.45) is 11.8 Å². The summed E-state index contributed by atoms with van der Waals surface area (Å²) < 4.78 is 29.7. The van der Waals surface area contributed by atoms with Gasteiger partial charge in [0.15, 0.2) is 5.82 Å². The van der Waals surface area contributed by atoms with E-state index in [0.717, 1.165) is 51.9 Å². The number of nitrogens with zero attached hydrogens (tertiary/aromatic N) is 5. The molecule has 2 unspecified atom stereocenters. The van der Waals surface area contributed by atoms with E-state index in [9.17, 15) is 18.4 Å². The number of amides is 2. The summed E-state index contributed by atoms with van der Waals surface area (Å²) in [7, 11) is 1.62. The summed E-state index contributed by atoms with van der Waals surface area (Å²) in [6, 6.07) is 14.2. The molecule has 4 heterocycles. The van der Waals surface area contributed by atoms with Crippen LogP contribution < -0.4 is 15.5 Å². The number of aromatic nitrogens is 3. The predicted molar refractivity (Wildman–Crippen MR) is 182 cm³/mol. The monoisotopic (exact) mass is 653 g/mol. The molecule has 0 radical (unpaired) electrons. The van der Waals surface area contributed by atoms with Crippen molar-refractivity contribution < 1.29 is 18.4 Å². The van der Waals surface area contributed by atoms with Crippen molar-refractivity contribution in [2.75, 3.05) is 30.4 Å². The number of anilines is 3. The number of likely N-dealkylation sites (tertiary alicyclic amines) is 1. The van der Waals surface area contributed by atoms with Crippen molar-refractivity contribution >= 4 is 40.0 Å². The highest BCUT2D eigenvalue weighted by Crippen LogP contribution is 2.60. The topological polar surface area (TPSA) is 95.4 Å². The van der Waals surface area contributed by atoms with Gasteiger partial charge in [0.1, 0.15) is 5.52 Å². The lowest BCUT2D eigenvalue weighted by atomic mass is 9.83. The number of aryl methyl sites for hydroxylation is 1. The zero-order valence-electron chi connectivity index (χ0n) is 28.1.